The van der Waals surface area contributed by atoms with Crippen LogP contribution < -0.4 is 5.73 Å². The molecule has 1 aromatic carbocycles. The quantitative estimate of drug-likeness (QED) is 0.656. The van der Waals surface area contributed by atoms with Gasteiger partial charge in [-0.15, -0.1) is 0 Å². The summed E-state index contributed by atoms with van der Waals surface area (Å²) in [4.78, 5) is 4.55. The minimum Gasteiger partial charge on any atom is -0.389 e. The molecule has 5 heteroatoms. The molecule has 0 saturated carbocycles. The number of aromatic nitrogens is 1. The van der Waals surface area contributed by atoms with Crippen LogP contribution in [-0.4, -0.2) is 10.7 Å². The van der Waals surface area contributed by atoms with Gasteiger partial charge in [-0.1, -0.05) is 59.0 Å². The lowest BCUT2D eigenvalue weighted by Crippen LogP contribution is -1.85. The summed E-state index contributed by atoms with van der Waals surface area (Å²) in [7, 11) is 0. The lowest BCUT2D eigenvalue weighted by molar-refractivity contribution is 1.25. The molecule has 0 radical (unpaired) electrons. The summed E-state index contributed by atoms with van der Waals surface area (Å²) in [5.41, 5.74) is 8.90. The zero-order valence-electron chi connectivity index (χ0n) is 9.94. The van der Waals surface area contributed by atoms with Crippen molar-refractivity contribution in [3.05, 3.63) is 41.4 Å². The van der Waals surface area contributed by atoms with E-state index in [1.54, 1.807) is 11.8 Å². The minimum atomic E-state index is 0.691. The third kappa shape index (κ3) is 3.28. The molecule has 1 heterocycles. The Balaban J connectivity index is 2.26. The summed E-state index contributed by atoms with van der Waals surface area (Å²) in [5, 5.41) is 1.41. The highest BCUT2D eigenvalue weighted by Crippen LogP contribution is 2.36. The molecule has 2 aromatic rings. The maximum Gasteiger partial charge on any atom is 0.152 e. The largest absolute Gasteiger partial charge is 0.389 e. The van der Waals surface area contributed by atoms with Crippen LogP contribution in [0.5, 0.6) is 0 Å². The van der Waals surface area contributed by atoms with Crippen molar-refractivity contribution in [2.45, 2.75) is 11.3 Å². The van der Waals surface area contributed by atoms with Gasteiger partial charge < -0.3 is 5.73 Å². The highest BCUT2D eigenvalue weighted by atomic mass is 35.5. The molecule has 2 rings (SSSR count). The second-order valence-corrected chi connectivity index (χ2v) is 6.64. The molecule has 0 fully saturated rings. The Kier molecular flexibility index (Phi) is 4.32. The second kappa shape index (κ2) is 5.78. The van der Waals surface area contributed by atoms with Gasteiger partial charge in [0, 0.05) is 16.3 Å². The van der Waals surface area contributed by atoms with Crippen molar-refractivity contribution in [1.82, 2.24) is 4.98 Å². The van der Waals surface area contributed by atoms with Crippen LogP contribution in [0.3, 0.4) is 0 Å². The van der Waals surface area contributed by atoms with Gasteiger partial charge in [0.25, 0.3) is 0 Å². The van der Waals surface area contributed by atoms with Crippen LogP contribution in [0.1, 0.15) is 6.92 Å². The number of anilines is 1. The molecule has 1 aromatic heterocycles. The molecule has 0 aliphatic carbocycles. The molecule has 2 nitrogen and oxygen atoms in total. The summed E-state index contributed by atoms with van der Waals surface area (Å²) in [6.07, 6.45) is 0. The molecular formula is C13H13ClN2S2. The van der Waals surface area contributed by atoms with Crippen molar-refractivity contribution in [3.63, 3.8) is 0 Å². The highest BCUT2D eigenvalue weighted by molar-refractivity contribution is 8.01. The number of thioether (sulfide) groups is 1. The van der Waals surface area contributed by atoms with Crippen molar-refractivity contribution in [3.8, 4) is 11.3 Å². The van der Waals surface area contributed by atoms with Gasteiger partial charge >= 0.3 is 0 Å². The molecule has 0 saturated heterocycles. The molecule has 0 amide bonds. The number of nitrogen functional groups attached to an aromatic ring is 1. The average Bonchev–Trinajstić information content (AvgIpc) is 2.68. The van der Waals surface area contributed by atoms with E-state index in [0.29, 0.717) is 5.02 Å². The van der Waals surface area contributed by atoms with E-state index in [-0.39, 0.29) is 0 Å². The van der Waals surface area contributed by atoms with E-state index in [1.807, 2.05) is 31.2 Å². The number of nitrogens with two attached hydrogens (primary N) is 1. The topological polar surface area (TPSA) is 38.9 Å². The first kappa shape index (κ1) is 13.5. The lowest BCUT2D eigenvalue weighted by Gasteiger charge is -1.98. The predicted molar refractivity (Wildman–Crippen MR) is 82.5 cm³/mol. The highest BCUT2D eigenvalue weighted by Gasteiger charge is 2.11. The maximum atomic E-state index is 6.01. The number of hydrogen-bond donors (Lipinski definition) is 1. The van der Waals surface area contributed by atoms with Gasteiger partial charge in [-0.05, 0) is 19.1 Å². The minimum absolute atomic E-state index is 0.691. The summed E-state index contributed by atoms with van der Waals surface area (Å²) in [6.45, 7) is 5.88. The monoisotopic (exact) mass is 296 g/mol. The molecule has 94 valence electrons. The van der Waals surface area contributed by atoms with E-state index in [2.05, 4.69) is 11.6 Å². The molecule has 0 atom stereocenters. The zero-order chi connectivity index (χ0) is 13.1. The Hall–Kier alpha value is -0.970. The number of halogens is 1. The van der Waals surface area contributed by atoms with Crippen LogP contribution in [0, 0.1) is 0 Å². The summed E-state index contributed by atoms with van der Waals surface area (Å²) in [5.74, 6) is 0.863. The van der Waals surface area contributed by atoms with Crippen LogP contribution in [0.4, 0.5) is 5.00 Å². The second-order valence-electron chi connectivity index (χ2n) is 3.95. The molecule has 0 unspecified atom stereocenters. The normalized spacial score (nSPS) is 10.6. The Morgan fingerprint density at radius 3 is 3.00 bits per heavy atom. The van der Waals surface area contributed by atoms with E-state index < -0.39 is 0 Å². The van der Waals surface area contributed by atoms with Crippen molar-refractivity contribution >= 4 is 39.7 Å². The summed E-state index contributed by atoms with van der Waals surface area (Å²) < 4.78 is 0.963. The maximum absolute atomic E-state index is 6.01. The van der Waals surface area contributed by atoms with Gasteiger partial charge in [0.2, 0.25) is 0 Å². The van der Waals surface area contributed by atoms with E-state index >= 15 is 0 Å². The van der Waals surface area contributed by atoms with Crippen LogP contribution in [-0.2, 0) is 0 Å². The van der Waals surface area contributed by atoms with Crippen molar-refractivity contribution < 1.29 is 0 Å². The van der Waals surface area contributed by atoms with Gasteiger partial charge in [-0.2, -0.15) is 0 Å². The first-order valence-electron chi connectivity index (χ1n) is 5.35. The van der Waals surface area contributed by atoms with Crippen LogP contribution in [0.25, 0.3) is 11.3 Å². The number of rotatable bonds is 4. The fourth-order valence-corrected chi connectivity index (χ4v) is 3.38. The molecule has 2 N–H and O–H groups in total. The Bertz CT molecular complexity index is 578. The van der Waals surface area contributed by atoms with E-state index in [1.165, 1.54) is 11.3 Å². The smallest absolute Gasteiger partial charge is 0.152 e. The fraction of sp³-hybridized carbons (Fsp3) is 0.154. The van der Waals surface area contributed by atoms with Gasteiger partial charge in [-0.3, -0.25) is 0 Å². The average molecular weight is 297 g/mol. The number of hydrogen-bond acceptors (Lipinski definition) is 4. The SMILES string of the molecule is C=C(C)CSc1nc(-c2cccc(Cl)c2)c(N)s1. The number of benzene rings is 1. The van der Waals surface area contributed by atoms with Crippen LogP contribution >= 0.6 is 34.7 Å². The Labute approximate surface area is 120 Å². The van der Waals surface area contributed by atoms with Gasteiger partial charge in [0.1, 0.15) is 10.7 Å². The van der Waals surface area contributed by atoms with Crippen molar-refractivity contribution in [1.29, 1.82) is 0 Å². The third-order valence-corrected chi connectivity index (χ3v) is 4.67. The molecule has 18 heavy (non-hydrogen) atoms. The first-order valence-corrected chi connectivity index (χ1v) is 7.53. The zero-order valence-corrected chi connectivity index (χ0v) is 12.3. The van der Waals surface area contributed by atoms with E-state index in [0.717, 1.165) is 31.9 Å². The fourth-order valence-electron chi connectivity index (χ4n) is 1.40. The van der Waals surface area contributed by atoms with E-state index in [9.17, 15) is 0 Å². The standard InChI is InChI=1S/C13H13ClN2S2/c1-8(2)7-17-13-16-11(12(15)18-13)9-4-3-5-10(14)6-9/h3-6H,1,7,15H2,2H3. The molecule has 0 bridgehead atoms. The van der Waals surface area contributed by atoms with Crippen molar-refractivity contribution in [2.24, 2.45) is 0 Å². The van der Waals surface area contributed by atoms with Crippen molar-refractivity contribution in [2.75, 3.05) is 11.5 Å². The summed E-state index contributed by atoms with van der Waals surface area (Å²) >= 11 is 9.13. The number of nitrogens with zero attached hydrogens (tertiary/aromatic N) is 1. The molecule has 0 spiro atoms. The van der Waals surface area contributed by atoms with Crippen LogP contribution in [0.2, 0.25) is 5.02 Å². The number of thiazole rings is 1. The lowest BCUT2D eigenvalue weighted by atomic mass is 10.2. The van der Waals surface area contributed by atoms with Crippen LogP contribution in [0.15, 0.2) is 40.8 Å². The predicted octanol–water partition coefficient (Wildman–Crippen LogP) is 4.71. The van der Waals surface area contributed by atoms with E-state index in [4.69, 9.17) is 17.3 Å². The summed E-state index contributed by atoms with van der Waals surface area (Å²) in [6, 6.07) is 7.58. The molecule has 0 aliphatic rings. The first-order chi connectivity index (χ1) is 8.56. The Morgan fingerprint density at radius 2 is 2.33 bits per heavy atom. The Morgan fingerprint density at radius 1 is 1.56 bits per heavy atom. The van der Waals surface area contributed by atoms with Gasteiger partial charge in [0.15, 0.2) is 4.34 Å². The molecule has 0 aliphatic heterocycles. The molecular weight excluding hydrogens is 284 g/mol. The van der Waals surface area contributed by atoms with Gasteiger partial charge in [0.05, 0.1) is 0 Å². The van der Waals surface area contributed by atoms with Gasteiger partial charge in [-0.25, -0.2) is 4.98 Å². The third-order valence-electron chi connectivity index (χ3n) is 2.17.